The highest BCUT2D eigenvalue weighted by molar-refractivity contribution is 5.73. The van der Waals surface area contributed by atoms with E-state index < -0.39 is 6.10 Å². The summed E-state index contributed by atoms with van der Waals surface area (Å²) in [5.74, 6) is 0. The van der Waals surface area contributed by atoms with Crippen LogP contribution in [0, 0.1) is 0 Å². The number of likely N-dealkylation sites (N-methyl/N-ethyl adjacent to an activating group) is 1. The van der Waals surface area contributed by atoms with E-state index in [9.17, 15) is 9.90 Å². The van der Waals surface area contributed by atoms with Crippen molar-refractivity contribution in [3.8, 4) is 0 Å². The van der Waals surface area contributed by atoms with Crippen molar-refractivity contribution in [3.63, 3.8) is 0 Å². The van der Waals surface area contributed by atoms with Gasteiger partial charge in [0.25, 0.3) is 0 Å². The second-order valence-corrected chi connectivity index (χ2v) is 5.41. The minimum absolute atomic E-state index is 0.196. The van der Waals surface area contributed by atoms with Crippen LogP contribution in [0.3, 0.4) is 0 Å². The fourth-order valence-electron chi connectivity index (χ4n) is 2.21. The Bertz CT molecular complexity index is 596. The van der Waals surface area contributed by atoms with Crippen LogP contribution in [0.25, 0.3) is 0 Å². The molecule has 0 spiro atoms. The molecule has 0 aliphatic rings. The zero-order valence-electron chi connectivity index (χ0n) is 12.9. The second kappa shape index (κ2) is 7.61. The highest BCUT2D eigenvalue weighted by Crippen LogP contribution is 2.07. The van der Waals surface area contributed by atoms with E-state index in [1.165, 1.54) is 4.90 Å². The maximum Gasteiger partial charge on any atom is 0.317 e. The van der Waals surface area contributed by atoms with Gasteiger partial charge in [-0.15, -0.1) is 0 Å². The predicted octanol–water partition coefficient (Wildman–Crippen LogP) is 1.45. The number of carbonyl (C=O) groups is 1. The number of aliphatic hydroxyl groups excluding tert-OH is 1. The van der Waals surface area contributed by atoms with Crippen LogP contribution in [0.1, 0.15) is 18.1 Å². The molecule has 1 unspecified atom stereocenters. The van der Waals surface area contributed by atoms with E-state index in [0.29, 0.717) is 19.6 Å². The highest BCUT2D eigenvalue weighted by atomic mass is 16.3. The van der Waals surface area contributed by atoms with Crippen molar-refractivity contribution in [1.29, 1.82) is 0 Å². The van der Waals surface area contributed by atoms with E-state index in [-0.39, 0.29) is 6.03 Å². The molecule has 0 bridgehead atoms. The Labute approximate surface area is 130 Å². The average Bonchev–Trinajstić information content (AvgIpc) is 2.97. The number of amides is 2. The van der Waals surface area contributed by atoms with Crippen LogP contribution >= 0.6 is 0 Å². The molecule has 0 saturated carbocycles. The van der Waals surface area contributed by atoms with Gasteiger partial charge in [-0.3, -0.25) is 4.68 Å². The molecule has 1 atom stereocenters. The molecule has 2 amide bonds. The van der Waals surface area contributed by atoms with Gasteiger partial charge in [0.1, 0.15) is 0 Å². The molecule has 118 valence electrons. The van der Waals surface area contributed by atoms with Crippen LogP contribution in [0.15, 0.2) is 42.7 Å². The van der Waals surface area contributed by atoms with Crippen molar-refractivity contribution >= 4 is 6.03 Å². The van der Waals surface area contributed by atoms with Gasteiger partial charge in [-0.25, -0.2) is 4.79 Å². The molecule has 0 aliphatic heterocycles. The number of carbonyl (C=O) groups excluding carboxylic acids is 1. The Morgan fingerprint density at radius 3 is 2.86 bits per heavy atom. The van der Waals surface area contributed by atoms with Gasteiger partial charge in [0.05, 0.1) is 12.6 Å². The summed E-state index contributed by atoms with van der Waals surface area (Å²) in [6, 6.07) is 9.73. The standard InChI is InChI=1S/C16H22N4O2/c1-13(21)11-19(2)16(22)17-10-14-5-3-6-15(9-14)12-20-8-4-7-18-20/h3-9,13,21H,10-12H2,1-2H3,(H,17,22). The van der Waals surface area contributed by atoms with Crippen molar-refractivity contribution in [3.05, 3.63) is 53.9 Å². The van der Waals surface area contributed by atoms with Crippen LogP contribution in [-0.2, 0) is 13.1 Å². The van der Waals surface area contributed by atoms with Crippen molar-refractivity contribution in [2.75, 3.05) is 13.6 Å². The number of hydrogen-bond acceptors (Lipinski definition) is 3. The normalized spacial score (nSPS) is 12.0. The Morgan fingerprint density at radius 1 is 1.41 bits per heavy atom. The lowest BCUT2D eigenvalue weighted by Crippen LogP contribution is -2.40. The molecule has 0 saturated heterocycles. The molecule has 6 heteroatoms. The Balaban J connectivity index is 1.89. The van der Waals surface area contributed by atoms with Gasteiger partial charge >= 0.3 is 6.03 Å². The lowest BCUT2D eigenvalue weighted by molar-refractivity contribution is 0.143. The number of nitrogens with zero attached hydrogens (tertiary/aromatic N) is 3. The molecule has 0 aliphatic carbocycles. The zero-order valence-corrected chi connectivity index (χ0v) is 12.9. The van der Waals surface area contributed by atoms with E-state index in [4.69, 9.17) is 0 Å². The first-order chi connectivity index (χ1) is 10.5. The maximum atomic E-state index is 11.9. The summed E-state index contributed by atoms with van der Waals surface area (Å²) in [4.78, 5) is 13.4. The lowest BCUT2D eigenvalue weighted by atomic mass is 10.1. The number of urea groups is 1. The fraction of sp³-hybridized carbons (Fsp3) is 0.375. The molecule has 2 aromatic rings. The summed E-state index contributed by atoms with van der Waals surface area (Å²) in [6.07, 6.45) is 3.13. The second-order valence-electron chi connectivity index (χ2n) is 5.41. The molecule has 1 aromatic heterocycles. The molecule has 22 heavy (non-hydrogen) atoms. The van der Waals surface area contributed by atoms with Crippen molar-refractivity contribution in [2.45, 2.75) is 26.1 Å². The largest absolute Gasteiger partial charge is 0.392 e. The first kappa shape index (κ1) is 16.0. The third kappa shape index (κ3) is 4.89. The van der Waals surface area contributed by atoms with E-state index in [1.807, 2.05) is 35.1 Å². The third-order valence-electron chi connectivity index (χ3n) is 3.22. The zero-order chi connectivity index (χ0) is 15.9. The van der Waals surface area contributed by atoms with E-state index >= 15 is 0 Å². The molecule has 0 radical (unpaired) electrons. The van der Waals surface area contributed by atoms with Gasteiger partial charge in [0.2, 0.25) is 0 Å². The van der Waals surface area contributed by atoms with Crippen LogP contribution < -0.4 is 5.32 Å². The van der Waals surface area contributed by atoms with E-state index in [0.717, 1.165) is 11.1 Å². The Morgan fingerprint density at radius 2 is 2.18 bits per heavy atom. The smallest absolute Gasteiger partial charge is 0.317 e. The van der Waals surface area contributed by atoms with Crippen LogP contribution in [-0.4, -0.2) is 45.5 Å². The van der Waals surface area contributed by atoms with Crippen molar-refractivity contribution in [1.82, 2.24) is 20.0 Å². The number of rotatable bonds is 6. The molecule has 6 nitrogen and oxygen atoms in total. The summed E-state index contributed by atoms with van der Waals surface area (Å²) in [5, 5.41) is 16.3. The summed E-state index contributed by atoms with van der Waals surface area (Å²) in [7, 11) is 1.66. The average molecular weight is 302 g/mol. The first-order valence-corrected chi connectivity index (χ1v) is 7.27. The topological polar surface area (TPSA) is 70.4 Å². The molecule has 0 fully saturated rings. The van der Waals surface area contributed by atoms with Crippen molar-refractivity contribution < 1.29 is 9.90 Å². The quantitative estimate of drug-likeness (QED) is 0.848. The number of aliphatic hydroxyl groups is 1. The monoisotopic (exact) mass is 302 g/mol. The number of aromatic nitrogens is 2. The Hall–Kier alpha value is -2.34. The van der Waals surface area contributed by atoms with Gasteiger partial charge in [-0.05, 0) is 24.1 Å². The van der Waals surface area contributed by atoms with Gasteiger partial charge in [-0.1, -0.05) is 24.3 Å². The molecule has 2 rings (SSSR count). The minimum atomic E-state index is -0.534. The minimum Gasteiger partial charge on any atom is -0.392 e. The molecule has 1 aromatic carbocycles. The molecular weight excluding hydrogens is 280 g/mol. The third-order valence-corrected chi connectivity index (χ3v) is 3.22. The summed E-state index contributed by atoms with van der Waals surface area (Å²) in [6.45, 7) is 3.13. The molecule has 1 heterocycles. The lowest BCUT2D eigenvalue weighted by Gasteiger charge is -2.19. The highest BCUT2D eigenvalue weighted by Gasteiger charge is 2.10. The summed E-state index contributed by atoms with van der Waals surface area (Å²) < 4.78 is 1.86. The van der Waals surface area contributed by atoms with Crippen LogP contribution in [0.4, 0.5) is 4.79 Å². The van der Waals surface area contributed by atoms with E-state index in [2.05, 4.69) is 16.5 Å². The number of nitrogens with one attached hydrogen (secondary N) is 1. The van der Waals surface area contributed by atoms with Gasteiger partial charge in [0.15, 0.2) is 0 Å². The first-order valence-electron chi connectivity index (χ1n) is 7.27. The van der Waals surface area contributed by atoms with Crippen LogP contribution in [0.5, 0.6) is 0 Å². The maximum absolute atomic E-state index is 11.9. The summed E-state index contributed by atoms with van der Waals surface area (Å²) in [5.41, 5.74) is 2.16. The SMILES string of the molecule is CC(O)CN(C)C(=O)NCc1cccc(Cn2cccn2)c1. The van der Waals surface area contributed by atoms with E-state index in [1.54, 1.807) is 20.2 Å². The molecular formula is C16H22N4O2. The Kier molecular flexibility index (Phi) is 5.55. The number of hydrogen-bond donors (Lipinski definition) is 2. The fourth-order valence-corrected chi connectivity index (χ4v) is 2.21. The van der Waals surface area contributed by atoms with Gasteiger partial charge in [0, 0.05) is 32.5 Å². The van der Waals surface area contributed by atoms with Crippen molar-refractivity contribution in [2.24, 2.45) is 0 Å². The van der Waals surface area contributed by atoms with Gasteiger partial charge < -0.3 is 15.3 Å². The van der Waals surface area contributed by atoms with Gasteiger partial charge in [-0.2, -0.15) is 5.10 Å². The number of benzene rings is 1. The molecule has 2 N–H and O–H groups in total. The van der Waals surface area contributed by atoms with Crippen LogP contribution in [0.2, 0.25) is 0 Å². The predicted molar refractivity (Wildman–Crippen MR) is 84.3 cm³/mol. The summed E-state index contributed by atoms with van der Waals surface area (Å²) >= 11 is 0.